The lowest BCUT2D eigenvalue weighted by atomic mass is 10.2. The van der Waals surface area contributed by atoms with Crippen LogP contribution < -0.4 is 4.74 Å². The highest BCUT2D eigenvalue weighted by atomic mass is 32.1. The van der Waals surface area contributed by atoms with Gasteiger partial charge in [-0.1, -0.05) is 23.5 Å². The summed E-state index contributed by atoms with van der Waals surface area (Å²) < 4.78 is 6.96. The van der Waals surface area contributed by atoms with E-state index in [9.17, 15) is 4.79 Å². The average Bonchev–Trinajstić information content (AvgIpc) is 3.36. The molecule has 28 heavy (non-hydrogen) atoms. The van der Waals surface area contributed by atoms with E-state index in [1.165, 1.54) is 16.9 Å². The Kier molecular flexibility index (Phi) is 4.29. The number of aryl methyl sites for hydroxylation is 1. The fourth-order valence-corrected chi connectivity index (χ4v) is 5.16. The van der Waals surface area contributed by atoms with Crippen LogP contribution in [0.4, 0.5) is 0 Å². The molecule has 0 spiro atoms. The molecule has 0 saturated carbocycles. The van der Waals surface area contributed by atoms with E-state index in [2.05, 4.69) is 33.1 Å². The second kappa shape index (κ2) is 6.83. The van der Waals surface area contributed by atoms with Crippen molar-refractivity contribution >= 4 is 27.6 Å². The first kappa shape index (κ1) is 17.6. The zero-order valence-corrected chi connectivity index (χ0v) is 16.8. The monoisotopic (exact) mass is 394 g/mol. The third-order valence-corrected chi connectivity index (χ3v) is 6.51. The van der Waals surface area contributed by atoms with Gasteiger partial charge in [0.25, 0.3) is 5.19 Å². The highest BCUT2D eigenvalue weighted by Crippen LogP contribution is 2.33. The fraction of sp³-hybridized carbons (Fsp3) is 0.381. The molecule has 6 nitrogen and oxygen atoms in total. The predicted molar refractivity (Wildman–Crippen MR) is 109 cm³/mol. The minimum absolute atomic E-state index is 0.203. The number of carbonyl (C=O) groups excluding carboxylic acids is 1. The van der Waals surface area contributed by atoms with Gasteiger partial charge in [-0.25, -0.2) is 4.98 Å². The first-order valence-electron chi connectivity index (χ1n) is 9.56. The number of likely N-dealkylation sites (tertiary alicyclic amines) is 2. The smallest absolute Gasteiger partial charge is 0.281 e. The quantitative estimate of drug-likeness (QED) is 0.677. The number of fused-ring (bicyclic) bond motifs is 3. The summed E-state index contributed by atoms with van der Waals surface area (Å²) in [6, 6.07) is 11.2. The fourth-order valence-electron chi connectivity index (χ4n) is 4.27. The first-order valence-corrected chi connectivity index (χ1v) is 10.4. The number of thiazole rings is 1. The number of amides is 1. The van der Waals surface area contributed by atoms with Gasteiger partial charge in [0.15, 0.2) is 5.65 Å². The summed E-state index contributed by atoms with van der Waals surface area (Å²) in [6.07, 6.45) is 2.92. The maximum atomic E-state index is 11.6. The zero-order chi connectivity index (χ0) is 19.3. The Morgan fingerprint density at radius 3 is 2.79 bits per heavy atom. The summed E-state index contributed by atoms with van der Waals surface area (Å²) in [7, 11) is 0. The normalized spacial score (nSPS) is 21.6. The second-order valence-electron chi connectivity index (χ2n) is 7.70. The molecule has 7 heteroatoms. The van der Waals surface area contributed by atoms with Crippen LogP contribution in [0.15, 0.2) is 36.5 Å². The Bertz CT molecular complexity index is 1030. The summed E-state index contributed by atoms with van der Waals surface area (Å²) in [5.74, 6) is 0.985. The van der Waals surface area contributed by atoms with Gasteiger partial charge in [-0.3, -0.25) is 9.69 Å². The molecule has 1 amide bonds. The van der Waals surface area contributed by atoms with Gasteiger partial charge in [-0.2, -0.15) is 4.98 Å². The van der Waals surface area contributed by atoms with E-state index in [4.69, 9.17) is 4.74 Å². The van der Waals surface area contributed by atoms with E-state index in [1.807, 2.05) is 30.2 Å². The zero-order valence-electron chi connectivity index (χ0n) is 16.0. The van der Waals surface area contributed by atoms with Crippen LogP contribution >= 0.6 is 11.3 Å². The van der Waals surface area contributed by atoms with Crippen molar-refractivity contribution in [2.45, 2.75) is 38.9 Å². The van der Waals surface area contributed by atoms with Crippen molar-refractivity contribution < 1.29 is 9.53 Å². The lowest BCUT2D eigenvalue weighted by molar-refractivity contribution is -0.131. The van der Waals surface area contributed by atoms with E-state index in [1.54, 1.807) is 6.92 Å². The molecule has 3 aromatic rings. The summed E-state index contributed by atoms with van der Waals surface area (Å²) in [6.45, 7) is 6.45. The number of ether oxygens (including phenoxy) is 1. The Morgan fingerprint density at radius 2 is 2.07 bits per heavy atom. The van der Waals surface area contributed by atoms with Crippen LogP contribution in [0.5, 0.6) is 10.9 Å². The van der Waals surface area contributed by atoms with E-state index in [-0.39, 0.29) is 5.91 Å². The van der Waals surface area contributed by atoms with E-state index in [0.29, 0.717) is 17.3 Å². The average molecular weight is 395 g/mol. The molecule has 2 aliphatic rings. The molecule has 0 radical (unpaired) electrons. The molecule has 5 rings (SSSR count). The Labute approximate surface area is 167 Å². The van der Waals surface area contributed by atoms with Gasteiger partial charge >= 0.3 is 0 Å². The molecule has 1 aromatic carbocycles. The predicted octanol–water partition coefficient (Wildman–Crippen LogP) is 3.60. The van der Waals surface area contributed by atoms with Crippen LogP contribution in [0.3, 0.4) is 0 Å². The number of carbonyl (C=O) groups is 1. The summed E-state index contributed by atoms with van der Waals surface area (Å²) in [4.78, 5) is 24.9. The van der Waals surface area contributed by atoms with E-state index >= 15 is 0 Å². The van der Waals surface area contributed by atoms with Crippen LogP contribution in [0.1, 0.15) is 24.5 Å². The molecule has 2 saturated heterocycles. The lowest BCUT2D eigenvalue weighted by Crippen LogP contribution is -2.47. The highest BCUT2D eigenvalue weighted by molar-refractivity contribution is 7.20. The van der Waals surface area contributed by atoms with E-state index < -0.39 is 0 Å². The number of piperazine rings is 1. The van der Waals surface area contributed by atoms with Crippen molar-refractivity contribution in [3.05, 3.63) is 47.7 Å². The number of benzene rings is 1. The number of hydrogen-bond donors (Lipinski definition) is 0. The van der Waals surface area contributed by atoms with Crippen molar-refractivity contribution in [1.82, 2.24) is 19.8 Å². The largest absolute Gasteiger partial charge is 0.431 e. The number of hydrogen-bond acceptors (Lipinski definition) is 6. The molecule has 2 atom stereocenters. The van der Waals surface area contributed by atoms with Gasteiger partial charge in [-0.05, 0) is 42.7 Å². The molecular weight excluding hydrogens is 372 g/mol. The molecule has 2 aliphatic heterocycles. The molecule has 2 aromatic heterocycles. The second-order valence-corrected chi connectivity index (χ2v) is 8.70. The minimum atomic E-state index is 0.203. The lowest BCUT2D eigenvalue weighted by Gasteiger charge is -2.33. The van der Waals surface area contributed by atoms with Gasteiger partial charge < -0.3 is 9.64 Å². The van der Waals surface area contributed by atoms with Crippen molar-refractivity contribution in [1.29, 1.82) is 0 Å². The molecular formula is C21H22N4O2S. The van der Waals surface area contributed by atoms with Gasteiger partial charge in [0.2, 0.25) is 5.91 Å². The van der Waals surface area contributed by atoms with Crippen molar-refractivity contribution in [2.75, 3.05) is 13.1 Å². The molecule has 2 bridgehead atoms. The minimum Gasteiger partial charge on any atom is -0.431 e. The van der Waals surface area contributed by atoms with Crippen molar-refractivity contribution in [2.24, 2.45) is 0 Å². The first-order chi connectivity index (χ1) is 13.5. The Morgan fingerprint density at radius 1 is 1.25 bits per heavy atom. The van der Waals surface area contributed by atoms with Crippen LogP contribution in [-0.4, -0.2) is 50.8 Å². The Hall–Kier alpha value is -2.51. The molecule has 1 unspecified atom stereocenters. The van der Waals surface area contributed by atoms with E-state index in [0.717, 1.165) is 47.7 Å². The SMILES string of the molecule is CC(=O)N1CC2C[C@H]1CN2Cc1ccc(Oc2nc3ncc(C)cc3s2)cc1. The number of pyridine rings is 1. The van der Waals surface area contributed by atoms with Gasteiger partial charge in [-0.15, -0.1) is 0 Å². The van der Waals surface area contributed by atoms with Crippen LogP contribution in [0.25, 0.3) is 10.3 Å². The summed E-state index contributed by atoms with van der Waals surface area (Å²) >= 11 is 1.51. The third kappa shape index (κ3) is 3.25. The van der Waals surface area contributed by atoms with Gasteiger partial charge in [0, 0.05) is 44.8 Å². The van der Waals surface area contributed by atoms with Crippen molar-refractivity contribution in [3.8, 4) is 10.9 Å². The summed E-state index contributed by atoms with van der Waals surface area (Å²) in [5.41, 5.74) is 3.11. The number of rotatable bonds is 4. The molecule has 2 fully saturated rings. The molecule has 144 valence electrons. The Balaban J connectivity index is 1.23. The molecule has 0 aliphatic carbocycles. The number of nitrogens with zero attached hydrogens (tertiary/aromatic N) is 4. The highest BCUT2D eigenvalue weighted by Gasteiger charge is 2.43. The van der Waals surface area contributed by atoms with Crippen LogP contribution in [0, 0.1) is 6.92 Å². The maximum Gasteiger partial charge on any atom is 0.281 e. The van der Waals surface area contributed by atoms with Gasteiger partial charge in [0.05, 0.1) is 4.70 Å². The maximum absolute atomic E-state index is 11.6. The van der Waals surface area contributed by atoms with Crippen molar-refractivity contribution in [3.63, 3.8) is 0 Å². The standard InChI is InChI=1S/C21H22N4O2S/c1-13-7-19-20(22-9-13)23-21(28-19)27-18-5-3-15(4-6-18)10-24-11-17-8-16(24)12-25(17)14(2)26/h3-7,9,16-17H,8,10-12H2,1-2H3/t16?,17-/m0/s1. The third-order valence-electron chi connectivity index (χ3n) is 5.64. The van der Waals surface area contributed by atoms with Gasteiger partial charge in [0.1, 0.15) is 5.75 Å². The number of aromatic nitrogens is 2. The van der Waals surface area contributed by atoms with Crippen LogP contribution in [-0.2, 0) is 11.3 Å². The summed E-state index contributed by atoms with van der Waals surface area (Å²) in [5, 5.41) is 0.613. The molecule has 0 N–H and O–H groups in total. The molecule has 4 heterocycles. The van der Waals surface area contributed by atoms with Crippen LogP contribution in [0.2, 0.25) is 0 Å². The topological polar surface area (TPSA) is 58.6 Å².